The van der Waals surface area contributed by atoms with E-state index in [1.165, 1.54) is 0 Å². The molecule has 0 unspecified atom stereocenters. The number of rotatable bonds is 12. The Bertz CT molecular complexity index is 1530. The second kappa shape index (κ2) is 15.1. The molecule has 2 N–H and O–H groups in total. The summed E-state index contributed by atoms with van der Waals surface area (Å²) in [6, 6.07) is 31.2. The smallest absolute Gasteiger partial charge is 0.255 e. The quantitative estimate of drug-likeness (QED) is 0.194. The molecule has 2 amide bonds. The van der Waals surface area contributed by atoms with Gasteiger partial charge in [-0.2, -0.15) is 0 Å². The Kier molecular flexibility index (Phi) is 10.5. The number of anilines is 3. The van der Waals surface area contributed by atoms with Crippen LogP contribution in [-0.4, -0.2) is 64.9 Å². The van der Waals surface area contributed by atoms with Gasteiger partial charge in [-0.25, -0.2) is 0 Å². The Morgan fingerprint density at radius 3 is 2.11 bits per heavy atom. The fourth-order valence-corrected chi connectivity index (χ4v) is 5.41. The summed E-state index contributed by atoms with van der Waals surface area (Å²) in [5.74, 6) is 0.445. The average molecular weight is 593 g/mol. The third kappa shape index (κ3) is 7.57. The van der Waals surface area contributed by atoms with Crippen LogP contribution in [0.2, 0.25) is 0 Å². The van der Waals surface area contributed by atoms with Gasteiger partial charge in [-0.1, -0.05) is 54.6 Å². The van der Waals surface area contributed by atoms with Crippen LogP contribution in [0.3, 0.4) is 0 Å². The Morgan fingerprint density at radius 1 is 0.750 bits per heavy atom. The summed E-state index contributed by atoms with van der Waals surface area (Å²) in [5, 5.41) is 6.02. The first-order valence-corrected chi connectivity index (χ1v) is 15.2. The minimum Gasteiger partial charge on any atom is -0.495 e. The standard InChI is InChI=1S/C36H40N4O4/c1-3-44-25-9-20-37-36(42)31-26-30(38-35(41)29-16-14-28(15-17-29)27-10-5-4-6-11-27)18-19-32(31)39-21-23-40(24-22-39)33-12-7-8-13-34(33)43-2/h4-8,10-19,26H,3,9,20-25H2,1-2H3,(H,37,42)(H,38,41). The molecule has 8 nitrogen and oxygen atoms in total. The molecular weight excluding hydrogens is 552 g/mol. The van der Waals surface area contributed by atoms with Gasteiger partial charge in [-0.3, -0.25) is 9.59 Å². The highest BCUT2D eigenvalue weighted by Gasteiger charge is 2.24. The fraction of sp³-hybridized carbons (Fsp3) is 0.278. The van der Waals surface area contributed by atoms with E-state index in [1.54, 1.807) is 13.2 Å². The van der Waals surface area contributed by atoms with Crippen molar-refractivity contribution in [2.75, 3.05) is 68.2 Å². The molecule has 0 radical (unpaired) electrons. The van der Waals surface area contributed by atoms with Crippen molar-refractivity contribution in [3.8, 4) is 16.9 Å². The summed E-state index contributed by atoms with van der Waals surface area (Å²) in [5.41, 5.74) is 5.69. The van der Waals surface area contributed by atoms with Gasteiger partial charge in [-0.15, -0.1) is 0 Å². The molecule has 1 aliphatic rings. The predicted octanol–water partition coefficient (Wildman–Crippen LogP) is 6.10. The first-order chi connectivity index (χ1) is 21.6. The maximum Gasteiger partial charge on any atom is 0.255 e. The third-order valence-electron chi connectivity index (χ3n) is 7.75. The van der Waals surface area contributed by atoms with E-state index in [-0.39, 0.29) is 11.8 Å². The molecule has 1 heterocycles. The van der Waals surface area contributed by atoms with E-state index in [2.05, 4.69) is 26.5 Å². The number of ether oxygens (including phenoxy) is 2. The molecule has 0 atom stereocenters. The third-order valence-corrected chi connectivity index (χ3v) is 7.75. The number of methoxy groups -OCH3 is 1. The minimum atomic E-state index is -0.231. The number of benzene rings is 4. The average Bonchev–Trinajstić information content (AvgIpc) is 3.08. The van der Waals surface area contributed by atoms with Crippen LogP contribution in [0.1, 0.15) is 34.1 Å². The van der Waals surface area contributed by atoms with E-state index in [0.717, 1.165) is 60.9 Å². The van der Waals surface area contributed by atoms with Crippen LogP contribution >= 0.6 is 0 Å². The van der Waals surface area contributed by atoms with Crippen LogP contribution in [-0.2, 0) is 4.74 Å². The van der Waals surface area contributed by atoms with E-state index in [1.807, 2.05) is 91.9 Å². The van der Waals surface area contributed by atoms with Crippen LogP contribution in [0, 0.1) is 0 Å². The maximum atomic E-state index is 13.5. The SMILES string of the molecule is CCOCCCNC(=O)c1cc(NC(=O)c2ccc(-c3ccccc3)cc2)ccc1N1CCN(c2ccccc2OC)CC1. The van der Waals surface area contributed by atoms with Crippen LogP contribution < -0.4 is 25.2 Å². The van der Waals surface area contributed by atoms with E-state index in [0.29, 0.717) is 36.6 Å². The van der Waals surface area contributed by atoms with Gasteiger partial charge < -0.3 is 29.9 Å². The van der Waals surface area contributed by atoms with Gasteiger partial charge in [0.2, 0.25) is 0 Å². The van der Waals surface area contributed by atoms with Gasteiger partial charge in [0.15, 0.2) is 0 Å². The fourth-order valence-electron chi connectivity index (χ4n) is 5.41. The highest BCUT2D eigenvalue weighted by atomic mass is 16.5. The lowest BCUT2D eigenvalue weighted by Crippen LogP contribution is -2.47. The zero-order valence-corrected chi connectivity index (χ0v) is 25.4. The van der Waals surface area contributed by atoms with Crippen molar-refractivity contribution in [3.05, 3.63) is 108 Å². The molecular formula is C36H40N4O4. The van der Waals surface area contributed by atoms with Gasteiger partial charge in [-0.05, 0) is 66.9 Å². The van der Waals surface area contributed by atoms with Crippen molar-refractivity contribution in [2.24, 2.45) is 0 Å². The molecule has 0 aromatic heterocycles. The molecule has 44 heavy (non-hydrogen) atoms. The second-order valence-electron chi connectivity index (χ2n) is 10.6. The number of hydrogen-bond donors (Lipinski definition) is 2. The second-order valence-corrected chi connectivity index (χ2v) is 10.6. The lowest BCUT2D eigenvalue weighted by Gasteiger charge is -2.38. The van der Waals surface area contributed by atoms with Crippen molar-refractivity contribution in [1.29, 1.82) is 0 Å². The number of carbonyl (C=O) groups is 2. The number of nitrogens with one attached hydrogen (secondary N) is 2. The zero-order chi connectivity index (χ0) is 30.7. The number of amides is 2. The maximum absolute atomic E-state index is 13.5. The van der Waals surface area contributed by atoms with Gasteiger partial charge in [0.25, 0.3) is 11.8 Å². The Balaban J connectivity index is 1.31. The molecule has 8 heteroatoms. The molecule has 228 valence electrons. The van der Waals surface area contributed by atoms with Gasteiger partial charge in [0.05, 0.1) is 18.4 Å². The van der Waals surface area contributed by atoms with Gasteiger partial charge in [0, 0.05) is 62.9 Å². The Hall–Kier alpha value is -4.82. The van der Waals surface area contributed by atoms with Crippen LogP contribution in [0.25, 0.3) is 11.1 Å². The summed E-state index contributed by atoms with van der Waals surface area (Å²) in [6.45, 7) is 6.74. The lowest BCUT2D eigenvalue weighted by atomic mass is 10.0. The highest BCUT2D eigenvalue weighted by Crippen LogP contribution is 2.31. The predicted molar refractivity (Wildman–Crippen MR) is 177 cm³/mol. The normalized spacial score (nSPS) is 13.0. The van der Waals surface area contributed by atoms with Crippen molar-refractivity contribution in [1.82, 2.24) is 5.32 Å². The number of hydrogen-bond acceptors (Lipinski definition) is 6. The summed E-state index contributed by atoms with van der Waals surface area (Å²) in [4.78, 5) is 31.2. The van der Waals surface area contributed by atoms with Crippen LogP contribution in [0.4, 0.5) is 17.1 Å². The summed E-state index contributed by atoms with van der Waals surface area (Å²) < 4.78 is 11.0. The van der Waals surface area contributed by atoms with Crippen molar-refractivity contribution < 1.29 is 19.1 Å². The van der Waals surface area contributed by atoms with Gasteiger partial charge in [0.1, 0.15) is 5.75 Å². The first-order valence-electron chi connectivity index (χ1n) is 15.2. The molecule has 0 aliphatic carbocycles. The molecule has 0 saturated carbocycles. The molecule has 1 saturated heterocycles. The van der Waals surface area contributed by atoms with Crippen molar-refractivity contribution in [3.63, 3.8) is 0 Å². The number of piperazine rings is 1. The molecule has 0 bridgehead atoms. The number of carbonyl (C=O) groups excluding carboxylic acids is 2. The minimum absolute atomic E-state index is 0.174. The van der Waals surface area contributed by atoms with E-state index >= 15 is 0 Å². The summed E-state index contributed by atoms with van der Waals surface area (Å²) in [7, 11) is 1.69. The number of para-hydroxylation sites is 2. The summed E-state index contributed by atoms with van der Waals surface area (Å²) >= 11 is 0. The Labute approximate surface area is 259 Å². The molecule has 1 aliphatic heterocycles. The highest BCUT2D eigenvalue weighted by molar-refractivity contribution is 6.06. The van der Waals surface area contributed by atoms with E-state index in [9.17, 15) is 9.59 Å². The molecule has 4 aromatic carbocycles. The van der Waals surface area contributed by atoms with Crippen LogP contribution in [0.15, 0.2) is 97.1 Å². The van der Waals surface area contributed by atoms with E-state index < -0.39 is 0 Å². The first kappa shape index (κ1) is 30.6. The molecule has 0 spiro atoms. The molecule has 5 rings (SSSR count). The zero-order valence-electron chi connectivity index (χ0n) is 25.4. The van der Waals surface area contributed by atoms with Gasteiger partial charge >= 0.3 is 0 Å². The van der Waals surface area contributed by atoms with Crippen LogP contribution in [0.5, 0.6) is 5.75 Å². The summed E-state index contributed by atoms with van der Waals surface area (Å²) in [6.07, 6.45) is 0.724. The Morgan fingerprint density at radius 2 is 1.41 bits per heavy atom. The van der Waals surface area contributed by atoms with Crippen molar-refractivity contribution in [2.45, 2.75) is 13.3 Å². The topological polar surface area (TPSA) is 83.1 Å². The van der Waals surface area contributed by atoms with Crippen molar-refractivity contribution >= 4 is 28.9 Å². The molecule has 1 fully saturated rings. The van der Waals surface area contributed by atoms with E-state index in [4.69, 9.17) is 9.47 Å². The largest absolute Gasteiger partial charge is 0.495 e. The monoisotopic (exact) mass is 592 g/mol. The molecule has 4 aromatic rings. The lowest BCUT2D eigenvalue weighted by molar-refractivity contribution is 0.0943. The number of nitrogens with zero attached hydrogens (tertiary/aromatic N) is 2.